The van der Waals surface area contributed by atoms with E-state index in [0.717, 1.165) is 27.8 Å². The van der Waals surface area contributed by atoms with Gasteiger partial charge in [0, 0.05) is 27.6 Å². The van der Waals surface area contributed by atoms with Gasteiger partial charge in [0.25, 0.3) is 6.04 Å². The van der Waals surface area contributed by atoms with Crippen molar-refractivity contribution in [1.29, 1.82) is 0 Å². The number of aromatic amines is 1. The van der Waals surface area contributed by atoms with E-state index >= 15 is 0 Å². The van der Waals surface area contributed by atoms with Crippen LogP contribution < -0.4 is 4.74 Å². The van der Waals surface area contributed by atoms with E-state index in [1.807, 2.05) is 54.7 Å². The molecule has 0 amide bonds. The number of para-hydroxylation sites is 2. The molecule has 1 aliphatic heterocycles. The lowest BCUT2D eigenvalue weighted by Gasteiger charge is -2.39. The van der Waals surface area contributed by atoms with Gasteiger partial charge in [-0.05, 0) is 31.5 Å². The quantitative estimate of drug-likeness (QED) is 0.570. The van der Waals surface area contributed by atoms with E-state index in [2.05, 4.69) is 4.98 Å². The Morgan fingerprint density at radius 3 is 2.58 bits per heavy atom. The Morgan fingerprint density at radius 1 is 1.08 bits per heavy atom. The summed E-state index contributed by atoms with van der Waals surface area (Å²) >= 11 is 0. The topological polar surface area (TPSA) is 68.2 Å². The summed E-state index contributed by atoms with van der Waals surface area (Å²) in [5, 5.41) is 13.0. The van der Waals surface area contributed by atoms with Crippen LogP contribution in [0.2, 0.25) is 0 Å². The third-order valence-electron chi connectivity index (χ3n) is 4.84. The predicted molar refractivity (Wildman–Crippen MR) is 92.1 cm³/mol. The Morgan fingerprint density at radius 2 is 1.79 bits per heavy atom. The van der Waals surface area contributed by atoms with E-state index in [0.29, 0.717) is 0 Å². The standard InChI is InChI=1S/C19H18N2O3/c1-19(2)18(21(22)23)17(13-8-4-6-10-16(13)24-19)14-11-20-15-9-5-3-7-12(14)15/h3-11,17-18,20H,1-2H3/t17-,18-/m1/s1. The van der Waals surface area contributed by atoms with Gasteiger partial charge in [-0.3, -0.25) is 10.1 Å². The maximum Gasteiger partial charge on any atom is 0.262 e. The fourth-order valence-electron chi connectivity index (χ4n) is 3.81. The van der Waals surface area contributed by atoms with Crippen LogP contribution in [0.5, 0.6) is 5.75 Å². The summed E-state index contributed by atoms with van der Waals surface area (Å²) < 4.78 is 5.98. The molecule has 4 rings (SSSR count). The molecule has 0 saturated carbocycles. The average molecular weight is 322 g/mol. The molecule has 0 unspecified atom stereocenters. The second-order valence-corrected chi connectivity index (χ2v) is 6.74. The zero-order valence-corrected chi connectivity index (χ0v) is 13.5. The molecule has 2 aromatic carbocycles. The number of ether oxygens (including phenoxy) is 1. The number of fused-ring (bicyclic) bond motifs is 2. The molecular weight excluding hydrogens is 304 g/mol. The van der Waals surface area contributed by atoms with Crippen molar-refractivity contribution in [2.24, 2.45) is 0 Å². The molecule has 2 heterocycles. The van der Waals surface area contributed by atoms with Crippen molar-refractivity contribution in [3.05, 3.63) is 76.0 Å². The van der Waals surface area contributed by atoms with Gasteiger partial charge in [-0.25, -0.2) is 0 Å². The summed E-state index contributed by atoms with van der Waals surface area (Å²) in [7, 11) is 0. The van der Waals surface area contributed by atoms with E-state index in [4.69, 9.17) is 4.74 Å². The number of benzene rings is 2. The number of nitrogens with one attached hydrogen (secondary N) is 1. The SMILES string of the molecule is CC1(C)Oc2ccccc2[C@H](c2c[nH]c3ccccc23)[C@H]1[N+](=O)[O-]. The average Bonchev–Trinajstić information content (AvgIpc) is 2.96. The molecular formula is C19H18N2O3. The van der Waals surface area contributed by atoms with Gasteiger partial charge in [0.1, 0.15) is 5.75 Å². The first-order valence-corrected chi connectivity index (χ1v) is 7.96. The van der Waals surface area contributed by atoms with Gasteiger partial charge in [0.2, 0.25) is 0 Å². The van der Waals surface area contributed by atoms with Crippen molar-refractivity contribution in [3.63, 3.8) is 0 Å². The summed E-state index contributed by atoms with van der Waals surface area (Å²) in [4.78, 5) is 15.0. The predicted octanol–water partition coefficient (Wildman–Crippen LogP) is 4.12. The molecule has 3 aromatic rings. The first kappa shape index (κ1) is 14.8. The molecule has 2 atom stereocenters. The Labute approximate surface area is 139 Å². The fourth-order valence-corrected chi connectivity index (χ4v) is 3.81. The summed E-state index contributed by atoms with van der Waals surface area (Å²) in [5.74, 6) is 0.354. The van der Waals surface area contributed by atoms with Crippen LogP contribution in [0.25, 0.3) is 10.9 Å². The molecule has 0 fully saturated rings. The van der Waals surface area contributed by atoms with Crippen molar-refractivity contribution in [1.82, 2.24) is 4.98 Å². The number of hydrogen-bond donors (Lipinski definition) is 1. The van der Waals surface area contributed by atoms with E-state index < -0.39 is 11.6 Å². The first-order valence-electron chi connectivity index (χ1n) is 7.96. The van der Waals surface area contributed by atoms with Gasteiger partial charge in [-0.15, -0.1) is 0 Å². The Bertz CT molecular complexity index is 929. The van der Waals surface area contributed by atoms with Crippen LogP contribution in [-0.2, 0) is 0 Å². The Balaban J connectivity index is 2.00. The molecule has 0 bridgehead atoms. The fraction of sp³-hybridized carbons (Fsp3) is 0.263. The summed E-state index contributed by atoms with van der Waals surface area (Å²) in [5.41, 5.74) is 1.89. The van der Waals surface area contributed by atoms with Crippen molar-refractivity contribution in [3.8, 4) is 5.75 Å². The summed E-state index contributed by atoms with van der Waals surface area (Å²) in [6.45, 7) is 3.58. The zero-order valence-electron chi connectivity index (χ0n) is 13.5. The van der Waals surface area contributed by atoms with Gasteiger partial charge in [0.05, 0.1) is 5.92 Å². The lowest BCUT2D eigenvalue weighted by atomic mass is 9.76. The maximum atomic E-state index is 11.9. The maximum absolute atomic E-state index is 11.9. The molecule has 0 spiro atoms. The smallest absolute Gasteiger partial charge is 0.262 e. The second kappa shape index (κ2) is 5.09. The third kappa shape index (κ3) is 2.08. The lowest BCUT2D eigenvalue weighted by Crippen LogP contribution is -2.53. The number of aromatic nitrogens is 1. The summed E-state index contributed by atoms with van der Waals surface area (Å²) in [6.07, 6.45) is 1.89. The van der Waals surface area contributed by atoms with Crippen LogP contribution in [0.4, 0.5) is 0 Å². The normalized spacial score (nSPS) is 21.9. The minimum atomic E-state index is -0.902. The van der Waals surface area contributed by atoms with Crippen LogP contribution in [-0.4, -0.2) is 21.6 Å². The molecule has 0 aliphatic carbocycles. The van der Waals surface area contributed by atoms with E-state index in [9.17, 15) is 10.1 Å². The van der Waals surface area contributed by atoms with Crippen molar-refractivity contribution in [2.75, 3.05) is 0 Å². The molecule has 122 valence electrons. The molecule has 1 aromatic heterocycles. The summed E-state index contributed by atoms with van der Waals surface area (Å²) in [6, 6.07) is 14.6. The van der Waals surface area contributed by atoms with Crippen LogP contribution in [0.1, 0.15) is 30.9 Å². The van der Waals surface area contributed by atoms with Crippen LogP contribution in [0.3, 0.4) is 0 Å². The number of nitro groups is 1. The zero-order chi connectivity index (χ0) is 16.9. The van der Waals surface area contributed by atoms with E-state index in [1.165, 1.54) is 0 Å². The van der Waals surface area contributed by atoms with Crippen molar-refractivity contribution in [2.45, 2.75) is 31.4 Å². The van der Waals surface area contributed by atoms with E-state index in [-0.39, 0.29) is 10.8 Å². The minimum Gasteiger partial charge on any atom is -0.480 e. The van der Waals surface area contributed by atoms with E-state index in [1.54, 1.807) is 13.8 Å². The second-order valence-electron chi connectivity index (χ2n) is 6.74. The first-order chi connectivity index (χ1) is 11.5. The highest BCUT2D eigenvalue weighted by atomic mass is 16.6. The van der Waals surface area contributed by atoms with Gasteiger partial charge >= 0.3 is 0 Å². The molecule has 24 heavy (non-hydrogen) atoms. The molecule has 1 aliphatic rings. The lowest BCUT2D eigenvalue weighted by molar-refractivity contribution is -0.546. The van der Waals surface area contributed by atoms with Gasteiger partial charge in [-0.2, -0.15) is 0 Å². The number of nitrogens with zero attached hydrogens (tertiary/aromatic N) is 1. The number of hydrogen-bond acceptors (Lipinski definition) is 3. The highest BCUT2D eigenvalue weighted by Crippen LogP contribution is 2.46. The highest BCUT2D eigenvalue weighted by Gasteiger charge is 2.53. The van der Waals surface area contributed by atoms with Gasteiger partial charge in [-0.1, -0.05) is 36.4 Å². The van der Waals surface area contributed by atoms with Crippen molar-refractivity contribution < 1.29 is 9.66 Å². The van der Waals surface area contributed by atoms with Crippen LogP contribution in [0.15, 0.2) is 54.7 Å². The highest BCUT2D eigenvalue weighted by molar-refractivity contribution is 5.84. The van der Waals surface area contributed by atoms with Gasteiger partial charge < -0.3 is 9.72 Å². The largest absolute Gasteiger partial charge is 0.480 e. The monoisotopic (exact) mass is 322 g/mol. The molecule has 5 heteroatoms. The Kier molecular flexibility index (Phi) is 3.13. The van der Waals surface area contributed by atoms with Crippen molar-refractivity contribution >= 4 is 10.9 Å². The third-order valence-corrected chi connectivity index (χ3v) is 4.84. The molecule has 5 nitrogen and oxygen atoms in total. The van der Waals surface area contributed by atoms with Gasteiger partial charge in [0.15, 0.2) is 5.60 Å². The number of H-pyrrole nitrogens is 1. The molecule has 1 N–H and O–H groups in total. The molecule has 0 radical (unpaired) electrons. The van der Waals surface area contributed by atoms with Crippen LogP contribution >= 0.6 is 0 Å². The molecule has 0 saturated heterocycles. The minimum absolute atomic E-state index is 0.206. The number of rotatable bonds is 2. The van der Waals surface area contributed by atoms with Crippen LogP contribution in [0, 0.1) is 10.1 Å². The Hall–Kier alpha value is -2.82.